The van der Waals surface area contributed by atoms with E-state index in [9.17, 15) is 0 Å². The van der Waals surface area contributed by atoms with Crippen LogP contribution in [0.15, 0.2) is 30.6 Å². The van der Waals surface area contributed by atoms with Gasteiger partial charge in [-0.2, -0.15) is 4.98 Å². The third-order valence-electron chi connectivity index (χ3n) is 2.31. The Morgan fingerprint density at radius 3 is 3.12 bits per heavy atom. The highest BCUT2D eigenvalue weighted by atomic mass is 32.1. The van der Waals surface area contributed by atoms with Gasteiger partial charge in [0.1, 0.15) is 5.01 Å². The molecule has 3 aromatic heterocycles. The number of thiazole rings is 1. The molecular weight excluding hydrogens is 234 g/mol. The number of fused-ring (bicyclic) bond motifs is 1. The number of pyridine rings is 1. The molecule has 1 N–H and O–H groups in total. The third-order valence-corrected chi connectivity index (χ3v) is 3.22. The second-order valence-corrected chi connectivity index (χ2v) is 4.98. The Morgan fingerprint density at radius 1 is 1.41 bits per heavy atom. The van der Waals surface area contributed by atoms with E-state index in [-0.39, 0.29) is 0 Å². The smallest absolute Gasteiger partial charge is 0.243 e. The van der Waals surface area contributed by atoms with Crippen LogP contribution in [0.5, 0.6) is 0 Å². The predicted molar refractivity (Wildman–Crippen MR) is 67.2 cm³/mol. The number of nitrogens with one attached hydrogen (secondary N) is 1. The van der Waals surface area contributed by atoms with Gasteiger partial charge in [-0.15, -0.1) is 16.4 Å². The number of aryl methyl sites for hydroxylation is 1. The fourth-order valence-corrected chi connectivity index (χ4v) is 2.27. The summed E-state index contributed by atoms with van der Waals surface area (Å²) in [6.07, 6.45) is 3.75. The van der Waals surface area contributed by atoms with Crippen molar-refractivity contribution in [1.29, 1.82) is 0 Å². The third kappa shape index (κ3) is 2.12. The summed E-state index contributed by atoms with van der Waals surface area (Å²) >= 11 is 1.68. The van der Waals surface area contributed by atoms with Gasteiger partial charge in [0.05, 0.1) is 6.54 Å². The van der Waals surface area contributed by atoms with Crippen LogP contribution >= 0.6 is 11.3 Å². The van der Waals surface area contributed by atoms with Crippen LogP contribution in [0.2, 0.25) is 0 Å². The average Bonchev–Trinajstić information content (AvgIpc) is 2.91. The average molecular weight is 245 g/mol. The first-order chi connectivity index (χ1) is 8.31. The van der Waals surface area contributed by atoms with Crippen molar-refractivity contribution in [2.75, 3.05) is 5.32 Å². The SMILES string of the molecule is Cc1cnc(CNc2nc3ccccn3n2)s1. The van der Waals surface area contributed by atoms with Crippen LogP contribution in [0.3, 0.4) is 0 Å². The van der Waals surface area contributed by atoms with Gasteiger partial charge in [0.25, 0.3) is 0 Å². The molecular formula is C11H11N5S. The Bertz CT molecular complexity index is 609. The van der Waals surface area contributed by atoms with E-state index in [1.54, 1.807) is 15.9 Å². The minimum absolute atomic E-state index is 0.629. The van der Waals surface area contributed by atoms with Crippen LogP contribution < -0.4 is 5.32 Å². The molecule has 0 spiro atoms. The van der Waals surface area contributed by atoms with Crippen LogP contribution in [0.1, 0.15) is 9.88 Å². The maximum Gasteiger partial charge on any atom is 0.243 e. The van der Waals surface area contributed by atoms with Crippen molar-refractivity contribution in [2.45, 2.75) is 13.5 Å². The van der Waals surface area contributed by atoms with E-state index < -0.39 is 0 Å². The molecule has 0 aliphatic rings. The number of hydrogen-bond donors (Lipinski definition) is 1. The molecule has 0 atom stereocenters. The summed E-state index contributed by atoms with van der Waals surface area (Å²) in [6, 6.07) is 5.79. The van der Waals surface area contributed by atoms with Gasteiger partial charge in [0.15, 0.2) is 5.65 Å². The fraction of sp³-hybridized carbons (Fsp3) is 0.182. The van der Waals surface area contributed by atoms with Gasteiger partial charge < -0.3 is 5.32 Å². The number of rotatable bonds is 3. The highest BCUT2D eigenvalue weighted by molar-refractivity contribution is 7.11. The van der Waals surface area contributed by atoms with E-state index in [0.717, 1.165) is 10.7 Å². The minimum atomic E-state index is 0.629. The maximum atomic E-state index is 4.35. The number of anilines is 1. The summed E-state index contributed by atoms with van der Waals surface area (Å²) in [6.45, 7) is 2.71. The van der Waals surface area contributed by atoms with Crippen molar-refractivity contribution >= 4 is 22.9 Å². The first-order valence-electron chi connectivity index (χ1n) is 5.28. The van der Waals surface area contributed by atoms with E-state index in [4.69, 9.17) is 0 Å². The zero-order chi connectivity index (χ0) is 11.7. The lowest BCUT2D eigenvalue weighted by atomic mass is 10.5. The van der Waals surface area contributed by atoms with Gasteiger partial charge in [-0.1, -0.05) is 6.07 Å². The Kier molecular flexibility index (Phi) is 2.49. The van der Waals surface area contributed by atoms with Crippen molar-refractivity contribution in [3.05, 3.63) is 40.5 Å². The molecule has 17 heavy (non-hydrogen) atoms. The molecule has 0 fully saturated rings. The van der Waals surface area contributed by atoms with E-state index >= 15 is 0 Å². The highest BCUT2D eigenvalue weighted by Gasteiger charge is 2.03. The van der Waals surface area contributed by atoms with E-state index in [2.05, 4.69) is 20.4 Å². The predicted octanol–water partition coefficient (Wildman–Crippen LogP) is 2.11. The van der Waals surface area contributed by atoms with Gasteiger partial charge in [-0.25, -0.2) is 9.50 Å². The van der Waals surface area contributed by atoms with E-state index in [1.807, 2.05) is 37.5 Å². The minimum Gasteiger partial charge on any atom is -0.346 e. The molecule has 0 unspecified atom stereocenters. The second-order valence-electron chi connectivity index (χ2n) is 3.66. The Labute approximate surface area is 102 Å². The largest absolute Gasteiger partial charge is 0.346 e. The summed E-state index contributed by atoms with van der Waals surface area (Å²) < 4.78 is 1.75. The summed E-state index contributed by atoms with van der Waals surface area (Å²) in [4.78, 5) is 9.84. The zero-order valence-electron chi connectivity index (χ0n) is 9.29. The summed E-state index contributed by atoms with van der Waals surface area (Å²) in [5, 5.41) is 8.52. The number of hydrogen-bond acceptors (Lipinski definition) is 5. The molecule has 0 aliphatic heterocycles. The molecule has 6 heteroatoms. The molecule has 3 rings (SSSR count). The van der Waals surface area contributed by atoms with Crippen LogP contribution in [0.25, 0.3) is 5.65 Å². The Hall–Kier alpha value is -1.95. The van der Waals surface area contributed by atoms with Gasteiger partial charge >= 0.3 is 0 Å². The molecule has 0 bridgehead atoms. The molecule has 0 radical (unpaired) electrons. The topological polar surface area (TPSA) is 55.1 Å². The molecule has 0 saturated carbocycles. The number of aromatic nitrogens is 4. The lowest BCUT2D eigenvalue weighted by molar-refractivity contribution is 0.948. The highest BCUT2D eigenvalue weighted by Crippen LogP contribution is 2.12. The van der Waals surface area contributed by atoms with E-state index in [0.29, 0.717) is 12.5 Å². The molecule has 0 aliphatic carbocycles. The summed E-state index contributed by atoms with van der Waals surface area (Å²) in [5.74, 6) is 0.629. The fourth-order valence-electron chi connectivity index (χ4n) is 1.54. The van der Waals surface area contributed by atoms with Crippen molar-refractivity contribution < 1.29 is 0 Å². The molecule has 3 heterocycles. The monoisotopic (exact) mass is 245 g/mol. The lowest BCUT2D eigenvalue weighted by Gasteiger charge is -1.96. The van der Waals surface area contributed by atoms with Crippen molar-refractivity contribution in [3.8, 4) is 0 Å². The molecule has 0 amide bonds. The zero-order valence-corrected chi connectivity index (χ0v) is 10.1. The van der Waals surface area contributed by atoms with Crippen LogP contribution in [-0.2, 0) is 6.54 Å². The number of nitrogens with zero attached hydrogens (tertiary/aromatic N) is 4. The Morgan fingerprint density at radius 2 is 2.35 bits per heavy atom. The molecule has 0 aromatic carbocycles. The van der Waals surface area contributed by atoms with Crippen LogP contribution in [-0.4, -0.2) is 19.6 Å². The van der Waals surface area contributed by atoms with Gasteiger partial charge in [-0.05, 0) is 19.1 Å². The summed E-state index contributed by atoms with van der Waals surface area (Å²) in [7, 11) is 0. The first kappa shape index (κ1) is 10.2. The van der Waals surface area contributed by atoms with Crippen LogP contribution in [0.4, 0.5) is 5.95 Å². The molecule has 0 saturated heterocycles. The second kappa shape index (κ2) is 4.14. The quantitative estimate of drug-likeness (QED) is 0.767. The van der Waals surface area contributed by atoms with Gasteiger partial charge in [0, 0.05) is 17.3 Å². The van der Waals surface area contributed by atoms with Crippen molar-refractivity contribution in [3.63, 3.8) is 0 Å². The standard InChI is InChI=1S/C11H11N5S/c1-8-6-12-10(17-8)7-13-11-14-9-4-2-3-5-16(9)15-11/h2-6H,7H2,1H3,(H,13,15). The van der Waals surface area contributed by atoms with Gasteiger partial charge in [-0.3, -0.25) is 0 Å². The molecule has 86 valence electrons. The Balaban J connectivity index is 1.76. The van der Waals surface area contributed by atoms with Crippen LogP contribution in [0, 0.1) is 6.92 Å². The van der Waals surface area contributed by atoms with Gasteiger partial charge in [0.2, 0.25) is 5.95 Å². The first-order valence-corrected chi connectivity index (χ1v) is 6.09. The van der Waals surface area contributed by atoms with Crippen molar-refractivity contribution in [1.82, 2.24) is 19.6 Å². The normalized spacial score (nSPS) is 10.9. The maximum absolute atomic E-state index is 4.35. The molecule has 3 aromatic rings. The molecule has 5 nitrogen and oxygen atoms in total. The van der Waals surface area contributed by atoms with E-state index in [1.165, 1.54) is 4.88 Å². The summed E-state index contributed by atoms with van der Waals surface area (Å²) in [5.41, 5.74) is 0.838. The van der Waals surface area contributed by atoms with Crippen molar-refractivity contribution in [2.24, 2.45) is 0 Å². The lowest BCUT2D eigenvalue weighted by Crippen LogP contribution is -2.00.